The summed E-state index contributed by atoms with van der Waals surface area (Å²) < 4.78 is 5.42. The number of ketones is 1. The van der Waals surface area contributed by atoms with Crippen LogP contribution in [-0.4, -0.2) is 25.0 Å². The topological polar surface area (TPSA) is 17.8 Å². The molecule has 0 unspecified atom stereocenters. The second-order valence-electron chi connectivity index (χ2n) is 9.70. The molecule has 6 heteroatoms. The number of benzene rings is 2. The minimum Gasteiger partial charge on any atom is -1.00 e. The van der Waals surface area contributed by atoms with Gasteiger partial charge in [-0.3, -0.25) is 0 Å². The summed E-state index contributed by atoms with van der Waals surface area (Å²) in [6.45, 7) is 27.2. The van der Waals surface area contributed by atoms with Crippen molar-refractivity contribution in [2.45, 2.75) is 61.5 Å². The van der Waals surface area contributed by atoms with Gasteiger partial charge in [0.25, 0.3) is 6.10 Å². The Balaban J connectivity index is 0. The van der Waals surface area contributed by atoms with Crippen molar-refractivity contribution in [3.05, 3.63) is 101 Å². The Hall–Kier alpha value is -1.87. The summed E-state index contributed by atoms with van der Waals surface area (Å²) in [4.78, 5) is 4.81. The fraction of sp³-hybridized carbons (Fsp3) is 0.355. The molecular formula is C31H41Cl2N2ORu. The molecule has 0 bridgehead atoms. The SMILES string of the molecule is Cc1cc(C)c(N2[CH]N(c3c(C)cc(C)cc3C)CC2)c(C)c1.[CH-]=C1C=CC=CC1=[O+]C(C)C.[Cl-].[Cl-].[HH].[Ru+2]. The van der Waals surface area contributed by atoms with Crippen LogP contribution in [0.25, 0.3) is 0 Å². The van der Waals surface area contributed by atoms with E-state index in [1.165, 1.54) is 44.8 Å². The zero-order valence-corrected chi connectivity index (χ0v) is 26.4. The predicted molar refractivity (Wildman–Crippen MR) is 149 cm³/mol. The third-order valence-corrected chi connectivity index (χ3v) is 5.99. The average molecular weight is 630 g/mol. The van der Waals surface area contributed by atoms with Gasteiger partial charge in [-0.15, -0.1) is 6.08 Å². The molecule has 1 aliphatic carbocycles. The Morgan fingerprint density at radius 1 is 0.730 bits per heavy atom. The maximum absolute atomic E-state index is 5.64. The van der Waals surface area contributed by atoms with Gasteiger partial charge in [0.05, 0.1) is 0 Å². The normalized spacial score (nSPS) is 15.2. The Kier molecular flexibility index (Phi) is 14.7. The van der Waals surface area contributed by atoms with E-state index in [-0.39, 0.29) is 51.8 Å². The van der Waals surface area contributed by atoms with E-state index in [1.807, 2.05) is 38.2 Å². The van der Waals surface area contributed by atoms with E-state index in [4.69, 9.17) is 11.0 Å². The summed E-state index contributed by atoms with van der Waals surface area (Å²) in [7, 11) is 0. The molecule has 1 radical (unpaired) electrons. The van der Waals surface area contributed by atoms with Crippen LogP contribution in [0.2, 0.25) is 0 Å². The van der Waals surface area contributed by atoms with Gasteiger partial charge >= 0.3 is 19.5 Å². The smallest absolute Gasteiger partial charge is 1.00 e. The monoisotopic (exact) mass is 629 g/mol. The van der Waals surface area contributed by atoms with Crippen molar-refractivity contribution in [3.63, 3.8) is 0 Å². The fourth-order valence-electron chi connectivity index (χ4n) is 4.93. The first-order valence-corrected chi connectivity index (χ1v) is 12.1. The first-order valence-electron chi connectivity index (χ1n) is 12.1. The maximum Gasteiger partial charge on any atom is 2.00 e. The van der Waals surface area contributed by atoms with E-state index in [9.17, 15) is 0 Å². The summed E-state index contributed by atoms with van der Waals surface area (Å²) in [6.07, 6.45) is 7.68. The number of rotatable bonds is 3. The van der Waals surface area contributed by atoms with Crippen LogP contribution in [0, 0.1) is 54.8 Å². The van der Waals surface area contributed by atoms with Crippen molar-refractivity contribution < 1.29 is 50.1 Å². The molecule has 1 heterocycles. The molecule has 0 spiro atoms. The molecule has 1 aliphatic heterocycles. The molecule has 1 saturated heterocycles. The number of hydrogen-bond donors (Lipinski definition) is 0. The van der Waals surface area contributed by atoms with Crippen LogP contribution in [-0.2, 0) is 23.9 Å². The van der Waals surface area contributed by atoms with Crippen LogP contribution in [0.3, 0.4) is 0 Å². The molecule has 3 nitrogen and oxygen atoms in total. The van der Waals surface area contributed by atoms with Crippen molar-refractivity contribution >= 4 is 17.2 Å². The molecule has 0 atom stereocenters. The van der Waals surface area contributed by atoms with Crippen molar-refractivity contribution in [1.29, 1.82) is 0 Å². The van der Waals surface area contributed by atoms with Crippen molar-refractivity contribution in [2.75, 3.05) is 22.9 Å². The number of aryl methyl sites for hydroxylation is 6. The van der Waals surface area contributed by atoms with Gasteiger partial charge in [-0.05, 0) is 69.9 Å². The first kappa shape index (κ1) is 35.1. The minimum atomic E-state index is 0. The second-order valence-corrected chi connectivity index (χ2v) is 9.70. The van der Waals surface area contributed by atoms with Crippen LogP contribution < -0.4 is 34.6 Å². The second kappa shape index (κ2) is 15.5. The molecule has 37 heavy (non-hydrogen) atoms. The fourth-order valence-corrected chi connectivity index (χ4v) is 4.93. The molecule has 1 fully saturated rings. The van der Waals surface area contributed by atoms with E-state index in [0.29, 0.717) is 5.57 Å². The van der Waals surface area contributed by atoms with Gasteiger partial charge in [-0.25, -0.2) is 6.58 Å². The van der Waals surface area contributed by atoms with Crippen molar-refractivity contribution in [2.24, 2.45) is 0 Å². The number of halogens is 2. The zero-order valence-electron chi connectivity index (χ0n) is 23.2. The third-order valence-electron chi connectivity index (χ3n) is 5.99. The Bertz CT molecular complexity index is 1060. The van der Waals surface area contributed by atoms with Gasteiger partial charge in [0, 0.05) is 39.7 Å². The predicted octanol–water partition coefficient (Wildman–Crippen LogP) is 1.22. The van der Waals surface area contributed by atoms with Gasteiger partial charge in [0.15, 0.2) is 0 Å². The van der Waals surface area contributed by atoms with Crippen LogP contribution in [0.1, 0.15) is 48.7 Å². The average Bonchev–Trinajstić information content (AvgIpc) is 3.17. The van der Waals surface area contributed by atoms with Crippen molar-refractivity contribution in [1.82, 2.24) is 0 Å². The van der Waals surface area contributed by atoms with Gasteiger partial charge in [-0.2, -0.15) is 6.08 Å². The Labute approximate surface area is 251 Å². The molecule has 0 saturated carbocycles. The standard InChI is InChI=1S/C21H27N2.C10H12O.2ClH.Ru.H2/c1-14-9-16(3)20(17(4)10-14)22-7-8-23(13-22)21-18(5)11-15(2)12-19(21)6;1-8(2)11-10-7-5-4-6-9(10)3;;;;/h9-13H,7-8H2,1-6H3;3-8H,1-2H3;2*1H;;1H/q;;;;+2;/p-2. The van der Waals surface area contributed by atoms with E-state index in [1.54, 1.807) is 0 Å². The molecule has 2 aromatic rings. The summed E-state index contributed by atoms with van der Waals surface area (Å²) in [6, 6.07) is 9.12. The van der Waals surface area contributed by atoms with Crippen LogP contribution in [0.15, 0.2) is 54.1 Å². The third kappa shape index (κ3) is 9.13. The van der Waals surface area contributed by atoms with Crippen LogP contribution in [0.4, 0.5) is 11.4 Å². The number of hydrogen-bond acceptors (Lipinski definition) is 2. The van der Waals surface area contributed by atoms with E-state index >= 15 is 0 Å². The zero-order chi connectivity index (χ0) is 25.0. The minimum absolute atomic E-state index is 0. The Morgan fingerprint density at radius 3 is 1.46 bits per heavy atom. The molecule has 0 amide bonds. The molecule has 2 aliphatic rings. The first-order chi connectivity index (χ1) is 16.1. The maximum atomic E-state index is 5.64. The molecule has 0 aromatic heterocycles. The van der Waals surface area contributed by atoms with Crippen LogP contribution >= 0.6 is 0 Å². The van der Waals surface area contributed by atoms with Gasteiger partial charge in [0.1, 0.15) is 6.67 Å². The largest absolute Gasteiger partial charge is 2.00 e. The van der Waals surface area contributed by atoms with Gasteiger partial charge in [-0.1, -0.05) is 47.0 Å². The summed E-state index contributed by atoms with van der Waals surface area (Å²) in [5.41, 5.74) is 11.5. The number of allylic oxidation sites excluding steroid dienone is 5. The number of carbonyl (C=O) groups excluding carboxylic acids is 1. The van der Waals surface area contributed by atoms with Crippen LogP contribution in [0.5, 0.6) is 0 Å². The Morgan fingerprint density at radius 2 is 1.11 bits per heavy atom. The summed E-state index contributed by atoms with van der Waals surface area (Å²) in [5.74, 6) is 0.766. The van der Waals surface area contributed by atoms with E-state index in [2.05, 4.69) is 82.3 Å². The van der Waals surface area contributed by atoms with Gasteiger partial charge < -0.3 is 39.0 Å². The van der Waals surface area contributed by atoms with E-state index < -0.39 is 0 Å². The summed E-state index contributed by atoms with van der Waals surface area (Å²) >= 11 is 0. The molecule has 203 valence electrons. The quantitative estimate of drug-likeness (QED) is 0.220. The van der Waals surface area contributed by atoms with Gasteiger partial charge in [0.2, 0.25) is 5.78 Å². The van der Waals surface area contributed by atoms with Crippen molar-refractivity contribution in [3.8, 4) is 0 Å². The molecule has 2 aromatic carbocycles. The molecule has 0 N–H and O–H groups in total. The molecule has 4 rings (SSSR count). The number of nitrogens with zero attached hydrogens (tertiary/aromatic N) is 2. The number of anilines is 2. The molecular weight excluding hydrogens is 588 g/mol. The summed E-state index contributed by atoms with van der Waals surface area (Å²) in [5, 5.41) is 0. The van der Waals surface area contributed by atoms with E-state index in [0.717, 1.165) is 18.9 Å².